The minimum Gasteiger partial charge on any atom is -0.296 e. The maximum Gasteiger partial charge on any atom is 0.434 e. The fourth-order valence-corrected chi connectivity index (χ4v) is 3.55. The van der Waals surface area contributed by atoms with Gasteiger partial charge in [0.05, 0.1) is 5.75 Å². The molecule has 1 fully saturated rings. The Kier molecular flexibility index (Phi) is 4.51. The van der Waals surface area contributed by atoms with Crippen LogP contribution >= 0.6 is 15.9 Å². The number of carbonyl (C=O) groups excluding carboxylic acids is 1. The molecule has 1 aromatic rings. The normalized spacial score (nSPS) is 19.8. The van der Waals surface area contributed by atoms with Crippen LogP contribution < -0.4 is 10.0 Å². The highest BCUT2D eigenvalue weighted by atomic mass is 79.9. The van der Waals surface area contributed by atoms with Crippen molar-refractivity contribution < 1.29 is 26.4 Å². The molecule has 1 unspecified atom stereocenters. The molecule has 1 aromatic heterocycles. The first-order chi connectivity index (χ1) is 9.97. The van der Waals surface area contributed by atoms with Gasteiger partial charge in [0.2, 0.25) is 15.9 Å². The van der Waals surface area contributed by atoms with E-state index < -0.39 is 39.5 Å². The lowest BCUT2D eigenvalue weighted by Gasteiger charge is -2.17. The Hall–Kier alpha value is -1.20. The van der Waals surface area contributed by atoms with Gasteiger partial charge in [-0.15, -0.1) is 0 Å². The second kappa shape index (κ2) is 5.78. The lowest BCUT2D eigenvalue weighted by Crippen LogP contribution is -2.28. The topological polar surface area (TPSA) is 93.4 Å². The third kappa shape index (κ3) is 3.96. The number of sulfonamides is 1. The Labute approximate surface area is 132 Å². The van der Waals surface area contributed by atoms with Crippen LogP contribution in [0.1, 0.15) is 12.1 Å². The first kappa shape index (κ1) is 17.2. The summed E-state index contributed by atoms with van der Waals surface area (Å²) in [5, 5.41) is 4.92. The van der Waals surface area contributed by atoms with Gasteiger partial charge in [-0.1, -0.05) is 0 Å². The number of carbonyl (C=O) groups is 1. The molecule has 0 bridgehead atoms. The molecule has 1 aliphatic heterocycles. The van der Waals surface area contributed by atoms with Crippen molar-refractivity contribution in [3.8, 4) is 0 Å². The Bertz CT molecular complexity index is 708. The number of alkyl halides is 3. The summed E-state index contributed by atoms with van der Waals surface area (Å²) in [6, 6.07) is 2.40. The largest absolute Gasteiger partial charge is 0.434 e. The van der Waals surface area contributed by atoms with Gasteiger partial charge < -0.3 is 0 Å². The predicted octanol–water partition coefficient (Wildman–Crippen LogP) is 1.50. The molecule has 2 N–H and O–H groups in total. The average molecular weight is 402 g/mol. The van der Waals surface area contributed by atoms with Crippen molar-refractivity contribution in [3.63, 3.8) is 0 Å². The first-order valence-electron chi connectivity index (χ1n) is 6.02. The van der Waals surface area contributed by atoms with E-state index >= 15 is 0 Å². The number of anilines is 1. The number of halogens is 4. The molecule has 0 aliphatic carbocycles. The Morgan fingerprint density at radius 3 is 2.59 bits per heavy atom. The van der Waals surface area contributed by atoms with E-state index in [1.54, 1.807) is 0 Å². The van der Waals surface area contributed by atoms with Crippen LogP contribution in [0.25, 0.3) is 0 Å². The molecule has 11 heteroatoms. The molecule has 1 aliphatic rings. The number of hydrogen-bond donors (Lipinski definition) is 1. The first-order valence-corrected chi connectivity index (χ1v) is 8.53. The van der Waals surface area contributed by atoms with E-state index in [2.05, 4.69) is 20.9 Å². The van der Waals surface area contributed by atoms with Crippen molar-refractivity contribution in [2.45, 2.75) is 12.6 Å². The highest BCUT2D eigenvalue weighted by Crippen LogP contribution is 2.35. The lowest BCUT2D eigenvalue weighted by atomic mass is 10.1. The Morgan fingerprint density at radius 2 is 2.05 bits per heavy atom. The van der Waals surface area contributed by atoms with Gasteiger partial charge in [-0.25, -0.2) is 18.5 Å². The highest BCUT2D eigenvalue weighted by molar-refractivity contribution is 9.10. The zero-order valence-corrected chi connectivity index (χ0v) is 13.4. The van der Waals surface area contributed by atoms with Crippen molar-refractivity contribution in [1.29, 1.82) is 0 Å². The molecule has 0 aromatic carbocycles. The molecule has 0 saturated carbocycles. The van der Waals surface area contributed by atoms with Gasteiger partial charge in [0.25, 0.3) is 0 Å². The van der Waals surface area contributed by atoms with Gasteiger partial charge in [-0.05, 0) is 28.1 Å². The summed E-state index contributed by atoms with van der Waals surface area (Å²) >= 11 is 2.76. The molecule has 1 saturated heterocycles. The lowest BCUT2D eigenvalue weighted by molar-refractivity contribution is -0.141. The number of primary sulfonamides is 1. The number of nitrogens with zero attached hydrogens (tertiary/aromatic N) is 2. The molecule has 1 atom stereocenters. The SMILES string of the molecule is NS(=O)(=O)CC1CC(=O)N(c2ccc(Br)c(C(F)(F)F)n2)C1. The summed E-state index contributed by atoms with van der Waals surface area (Å²) in [4.78, 5) is 16.4. The van der Waals surface area contributed by atoms with E-state index in [-0.39, 0.29) is 23.3 Å². The van der Waals surface area contributed by atoms with Crippen molar-refractivity contribution in [2.75, 3.05) is 17.2 Å². The maximum atomic E-state index is 12.8. The van der Waals surface area contributed by atoms with Gasteiger partial charge in [0, 0.05) is 23.4 Å². The number of pyridine rings is 1. The van der Waals surface area contributed by atoms with E-state index in [4.69, 9.17) is 5.14 Å². The molecule has 2 heterocycles. The maximum absolute atomic E-state index is 12.8. The van der Waals surface area contributed by atoms with Gasteiger partial charge in [0.15, 0.2) is 5.69 Å². The monoisotopic (exact) mass is 401 g/mol. The van der Waals surface area contributed by atoms with Crippen LogP contribution in [0.5, 0.6) is 0 Å². The summed E-state index contributed by atoms with van der Waals surface area (Å²) in [6.45, 7) is -0.0405. The van der Waals surface area contributed by atoms with E-state index in [1.165, 1.54) is 6.07 Å². The van der Waals surface area contributed by atoms with Crippen LogP contribution in [0.4, 0.5) is 19.0 Å². The summed E-state index contributed by atoms with van der Waals surface area (Å²) in [5.74, 6) is -1.63. The predicted molar refractivity (Wildman–Crippen MR) is 75.4 cm³/mol. The number of hydrogen-bond acceptors (Lipinski definition) is 4. The quantitative estimate of drug-likeness (QED) is 0.830. The summed E-state index contributed by atoms with van der Waals surface area (Å²) < 4.78 is 60.3. The fourth-order valence-electron chi connectivity index (χ4n) is 2.22. The van der Waals surface area contributed by atoms with Crippen LogP contribution in [0.2, 0.25) is 0 Å². The second-order valence-corrected chi connectivity index (χ2v) is 7.42. The Morgan fingerprint density at radius 1 is 1.41 bits per heavy atom. The second-order valence-electron chi connectivity index (χ2n) is 4.90. The van der Waals surface area contributed by atoms with Crippen molar-refractivity contribution >= 4 is 37.7 Å². The molecule has 2 rings (SSSR count). The minimum atomic E-state index is -4.67. The van der Waals surface area contributed by atoms with E-state index in [9.17, 15) is 26.4 Å². The smallest absolute Gasteiger partial charge is 0.296 e. The van der Waals surface area contributed by atoms with Crippen LogP contribution in [-0.4, -0.2) is 31.6 Å². The number of nitrogens with two attached hydrogens (primary N) is 1. The van der Waals surface area contributed by atoms with Gasteiger partial charge in [-0.2, -0.15) is 13.2 Å². The van der Waals surface area contributed by atoms with Crippen LogP contribution in [-0.2, 0) is 21.0 Å². The molecular weight excluding hydrogens is 391 g/mol. The molecule has 122 valence electrons. The average Bonchev–Trinajstić information content (AvgIpc) is 2.66. The summed E-state index contributed by atoms with van der Waals surface area (Å²) in [7, 11) is -3.76. The minimum absolute atomic E-state index is 0.0405. The van der Waals surface area contributed by atoms with Crippen molar-refractivity contribution in [1.82, 2.24) is 4.98 Å². The molecule has 6 nitrogen and oxygen atoms in total. The highest BCUT2D eigenvalue weighted by Gasteiger charge is 2.38. The van der Waals surface area contributed by atoms with Crippen molar-refractivity contribution in [2.24, 2.45) is 11.1 Å². The molecule has 0 radical (unpaired) electrons. The van der Waals surface area contributed by atoms with Gasteiger partial charge in [-0.3, -0.25) is 9.69 Å². The molecule has 22 heavy (non-hydrogen) atoms. The third-order valence-electron chi connectivity index (χ3n) is 3.05. The van der Waals surface area contributed by atoms with Crippen LogP contribution in [0, 0.1) is 5.92 Å². The zero-order chi connectivity index (χ0) is 16.7. The van der Waals surface area contributed by atoms with Gasteiger partial charge in [0.1, 0.15) is 5.82 Å². The van der Waals surface area contributed by atoms with E-state index in [0.29, 0.717) is 0 Å². The molecule has 0 spiro atoms. The van der Waals surface area contributed by atoms with Crippen molar-refractivity contribution in [3.05, 3.63) is 22.3 Å². The molecule has 1 amide bonds. The van der Waals surface area contributed by atoms with Crippen LogP contribution in [0.15, 0.2) is 16.6 Å². The Balaban J connectivity index is 2.28. The van der Waals surface area contributed by atoms with E-state index in [1.807, 2.05) is 0 Å². The zero-order valence-electron chi connectivity index (χ0n) is 11.0. The molecular formula is C11H11BrF3N3O3S. The standard InChI is InChI=1S/C11H11BrF3N3O3S/c12-7-1-2-8(17-10(7)11(13,14)15)18-4-6(3-9(18)19)5-22(16,20)21/h1-2,6H,3-5H2,(H2,16,20,21). The van der Waals surface area contributed by atoms with E-state index in [0.717, 1.165) is 11.0 Å². The summed E-state index contributed by atoms with van der Waals surface area (Å²) in [5.41, 5.74) is -1.15. The number of rotatable bonds is 3. The number of amides is 1. The third-order valence-corrected chi connectivity index (χ3v) is 4.63. The van der Waals surface area contributed by atoms with Crippen LogP contribution in [0.3, 0.4) is 0 Å². The summed E-state index contributed by atoms with van der Waals surface area (Å²) in [6.07, 6.45) is -4.77. The van der Waals surface area contributed by atoms with Gasteiger partial charge >= 0.3 is 6.18 Å². The number of aromatic nitrogens is 1. The fraction of sp³-hybridized carbons (Fsp3) is 0.455.